The molecule has 1 saturated carbocycles. The van der Waals surface area contributed by atoms with E-state index in [4.69, 9.17) is 9.40 Å². The van der Waals surface area contributed by atoms with E-state index in [0.29, 0.717) is 17.5 Å². The third kappa shape index (κ3) is 5.35. The van der Waals surface area contributed by atoms with E-state index >= 15 is 0 Å². The Balaban J connectivity index is 1.55. The van der Waals surface area contributed by atoms with Crippen LogP contribution in [0.2, 0.25) is 0 Å². The van der Waals surface area contributed by atoms with Gasteiger partial charge in [0.2, 0.25) is 5.91 Å². The molecule has 0 unspecified atom stereocenters. The molecule has 0 aliphatic heterocycles. The van der Waals surface area contributed by atoms with Gasteiger partial charge in [-0.25, -0.2) is 4.98 Å². The summed E-state index contributed by atoms with van der Waals surface area (Å²) in [6.45, 7) is 6.17. The molecule has 3 aromatic rings. The van der Waals surface area contributed by atoms with Gasteiger partial charge in [-0.1, -0.05) is 75.6 Å². The number of benzene rings is 1. The first-order valence-electron chi connectivity index (χ1n) is 14.2. The predicted molar refractivity (Wildman–Crippen MR) is 153 cm³/mol. The molecule has 202 valence electrons. The summed E-state index contributed by atoms with van der Waals surface area (Å²) in [6.07, 6.45) is 10.9. The highest BCUT2D eigenvalue weighted by Crippen LogP contribution is 2.50. The number of thioether (sulfide) groups is 1. The van der Waals surface area contributed by atoms with E-state index in [1.165, 1.54) is 17.3 Å². The van der Waals surface area contributed by atoms with Crippen molar-refractivity contribution in [1.82, 2.24) is 14.5 Å². The zero-order valence-electron chi connectivity index (χ0n) is 22.7. The number of unbranched alkanes of at least 4 members (excludes halogenated alkanes) is 2. The number of furan rings is 1. The molecule has 1 aromatic carbocycles. The summed E-state index contributed by atoms with van der Waals surface area (Å²) in [5, 5.41) is 0.592. The number of carbonyl (C=O) groups excluding carboxylic acids is 1. The number of nitrogens with zero attached hydrogens (tertiary/aromatic N) is 3. The van der Waals surface area contributed by atoms with Crippen molar-refractivity contribution in [2.45, 2.75) is 88.8 Å². The van der Waals surface area contributed by atoms with E-state index in [-0.39, 0.29) is 22.6 Å². The molecular formula is C31H39N3O3S. The van der Waals surface area contributed by atoms with Crippen molar-refractivity contribution in [1.29, 1.82) is 0 Å². The quantitative estimate of drug-likeness (QED) is 0.210. The average Bonchev–Trinajstić information content (AvgIpc) is 3.62. The average molecular weight is 534 g/mol. The fraction of sp³-hybridized carbons (Fsp3) is 0.516. The summed E-state index contributed by atoms with van der Waals surface area (Å²) in [5.41, 5.74) is 3.88. The first-order valence-corrected chi connectivity index (χ1v) is 15.2. The maximum atomic E-state index is 14.4. The van der Waals surface area contributed by atoms with Gasteiger partial charge in [0.15, 0.2) is 5.16 Å². The number of carbonyl (C=O) groups is 1. The van der Waals surface area contributed by atoms with Crippen LogP contribution in [0.3, 0.4) is 0 Å². The maximum absolute atomic E-state index is 14.4. The zero-order chi connectivity index (χ0) is 26.5. The SMILES string of the molecule is CCCCN(CCCC)C(=O)CSc1nc2c(c(=O)n1Cc1ccco1)C1(CCCC1)Cc1ccccc1-2. The molecule has 2 heterocycles. The Hall–Kier alpha value is -2.80. The number of hydrogen-bond acceptors (Lipinski definition) is 5. The highest BCUT2D eigenvalue weighted by Gasteiger charge is 2.44. The zero-order valence-corrected chi connectivity index (χ0v) is 23.5. The largest absolute Gasteiger partial charge is 0.467 e. The van der Waals surface area contributed by atoms with Gasteiger partial charge in [0, 0.05) is 24.1 Å². The lowest BCUT2D eigenvalue weighted by atomic mass is 9.68. The van der Waals surface area contributed by atoms with Gasteiger partial charge in [0.25, 0.3) is 5.56 Å². The van der Waals surface area contributed by atoms with Crippen molar-refractivity contribution in [2.75, 3.05) is 18.8 Å². The van der Waals surface area contributed by atoms with Crippen molar-refractivity contribution >= 4 is 17.7 Å². The van der Waals surface area contributed by atoms with Gasteiger partial charge in [-0.05, 0) is 49.8 Å². The minimum Gasteiger partial charge on any atom is -0.467 e. The monoisotopic (exact) mass is 533 g/mol. The van der Waals surface area contributed by atoms with Crippen LogP contribution in [0.4, 0.5) is 0 Å². The normalized spacial score (nSPS) is 15.4. The molecule has 1 amide bonds. The van der Waals surface area contributed by atoms with E-state index in [1.54, 1.807) is 10.8 Å². The van der Waals surface area contributed by atoms with E-state index in [1.807, 2.05) is 23.1 Å². The number of fused-ring (bicyclic) bond motifs is 4. The number of aromatic nitrogens is 2. The molecule has 0 saturated heterocycles. The van der Waals surface area contributed by atoms with Crippen molar-refractivity contribution in [2.24, 2.45) is 0 Å². The Morgan fingerprint density at radius 3 is 2.50 bits per heavy atom. The minimum absolute atomic E-state index is 0.0200. The predicted octanol–water partition coefficient (Wildman–Crippen LogP) is 6.44. The Morgan fingerprint density at radius 1 is 1.08 bits per heavy atom. The molecule has 0 bridgehead atoms. The second-order valence-corrected chi connectivity index (χ2v) is 11.7. The van der Waals surface area contributed by atoms with Crippen molar-refractivity contribution in [3.05, 3.63) is 69.9 Å². The van der Waals surface area contributed by atoms with Gasteiger partial charge < -0.3 is 9.32 Å². The smallest absolute Gasteiger partial charge is 0.258 e. The molecule has 0 N–H and O–H groups in total. The molecular weight excluding hydrogens is 494 g/mol. The Labute approximate surface area is 229 Å². The molecule has 1 spiro atoms. The Kier molecular flexibility index (Phi) is 8.42. The Bertz CT molecular complexity index is 1300. The minimum atomic E-state index is -0.158. The van der Waals surface area contributed by atoms with Crippen LogP contribution in [0, 0.1) is 0 Å². The van der Waals surface area contributed by atoms with Crippen molar-refractivity contribution in [3.63, 3.8) is 0 Å². The van der Waals surface area contributed by atoms with Crippen LogP contribution in [0.25, 0.3) is 11.3 Å². The van der Waals surface area contributed by atoms with Crippen LogP contribution in [-0.4, -0.2) is 39.2 Å². The first-order chi connectivity index (χ1) is 18.6. The topological polar surface area (TPSA) is 68.3 Å². The maximum Gasteiger partial charge on any atom is 0.258 e. The van der Waals surface area contributed by atoms with Crippen LogP contribution in [0.15, 0.2) is 57.0 Å². The van der Waals surface area contributed by atoms with E-state index in [9.17, 15) is 9.59 Å². The van der Waals surface area contributed by atoms with Crippen molar-refractivity contribution in [3.8, 4) is 11.3 Å². The molecule has 1 fully saturated rings. The number of amides is 1. The first kappa shape index (κ1) is 26.8. The summed E-state index contributed by atoms with van der Waals surface area (Å²) >= 11 is 1.38. The summed E-state index contributed by atoms with van der Waals surface area (Å²) in [4.78, 5) is 34.8. The third-order valence-electron chi connectivity index (χ3n) is 8.16. The lowest BCUT2D eigenvalue weighted by Gasteiger charge is -2.36. The van der Waals surface area contributed by atoms with E-state index in [0.717, 1.165) is 87.7 Å². The van der Waals surface area contributed by atoms with Crippen molar-refractivity contribution < 1.29 is 9.21 Å². The fourth-order valence-electron chi connectivity index (χ4n) is 6.13. The van der Waals surface area contributed by atoms with Crippen LogP contribution in [0.1, 0.15) is 82.1 Å². The standard InChI is InChI=1S/C31H39N3O3S/c1-3-5-17-33(18-6-4-2)26(35)22-38-30-32-28-25-14-8-7-12-23(25)20-31(15-9-10-16-31)27(28)29(36)34(30)21-24-13-11-19-37-24/h7-8,11-14,19H,3-6,9-10,15-18,20-22H2,1-2H3. The van der Waals surface area contributed by atoms with Gasteiger partial charge in [-0.15, -0.1) is 0 Å². The lowest BCUT2D eigenvalue weighted by molar-refractivity contribution is -0.128. The van der Waals surface area contributed by atoms with Crippen LogP contribution in [-0.2, 0) is 23.2 Å². The summed E-state index contributed by atoms with van der Waals surface area (Å²) in [6, 6.07) is 12.1. The molecule has 2 aliphatic carbocycles. The van der Waals surface area contributed by atoms with Crippen LogP contribution in [0.5, 0.6) is 0 Å². The van der Waals surface area contributed by atoms with E-state index in [2.05, 4.69) is 32.0 Å². The molecule has 38 heavy (non-hydrogen) atoms. The van der Waals surface area contributed by atoms with Gasteiger partial charge in [0.05, 0.1) is 29.8 Å². The molecule has 2 aliphatic rings. The van der Waals surface area contributed by atoms with Gasteiger partial charge in [-0.3, -0.25) is 14.2 Å². The van der Waals surface area contributed by atoms with Crippen LogP contribution >= 0.6 is 11.8 Å². The Morgan fingerprint density at radius 2 is 1.82 bits per heavy atom. The molecule has 5 rings (SSSR count). The summed E-state index contributed by atoms with van der Waals surface area (Å²) in [7, 11) is 0. The van der Waals surface area contributed by atoms with Gasteiger partial charge >= 0.3 is 0 Å². The van der Waals surface area contributed by atoms with Gasteiger partial charge in [0.1, 0.15) is 5.76 Å². The highest BCUT2D eigenvalue weighted by atomic mass is 32.2. The number of hydrogen-bond donors (Lipinski definition) is 0. The highest BCUT2D eigenvalue weighted by molar-refractivity contribution is 7.99. The van der Waals surface area contributed by atoms with Gasteiger partial charge in [-0.2, -0.15) is 0 Å². The third-order valence-corrected chi connectivity index (χ3v) is 9.12. The summed E-state index contributed by atoms with van der Waals surface area (Å²) in [5.74, 6) is 1.09. The molecule has 7 heteroatoms. The number of rotatable bonds is 11. The second-order valence-electron chi connectivity index (χ2n) is 10.8. The second kappa shape index (κ2) is 11.9. The molecule has 2 aromatic heterocycles. The lowest BCUT2D eigenvalue weighted by Crippen LogP contribution is -2.40. The fourth-order valence-corrected chi connectivity index (χ4v) is 7.02. The van der Waals surface area contributed by atoms with E-state index < -0.39 is 0 Å². The van der Waals surface area contributed by atoms with Crippen LogP contribution < -0.4 is 5.56 Å². The summed E-state index contributed by atoms with van der Waals surface area (Å²) < 4.78 is 7.40. The molecule has 0 radical (unpaired) electrons. The molecule has 6 nitrogen and oxygen atoms in total. The molecule has 0 atom stereocenters.